The highest BCUT2D eigenvalue weighted by Crippen LogP contribution is 2.18. The molecular formula is C13H16Cl2N2O3. The first-order valence-electron chi connectivity index (χ1n) is 5.95. The van der Waals surface area contributed by atoms with Crippen molar-refractivity contribution in [1.82, 2.24) is 10.3 Å². The van der Waals surface area contributed by atoms with Gasteiger partial charge in [-0.2, -0.15) is 0 Å². The molecule has 110 valence electrons. The number of nitrogens with one attached hydrogen (secondary N) is 1. The SMILES string of the molecule is C[C@@H](NC(=O)c1cc(Cl)ncc1Cl)C(=O)OC(C)(C)C. The number of carbonyl (C=O) groups is 2. The molecule has 20 heavy (non-hydrogen) atoms. The van der Waals surface area contributed by atoms with Gasteiger partial charge in [0, 0.05) is 6.20 Å². The number of aromatic nitrogens is 1. The van der Waals surface area contributed by atoms with Crippen LogP contribution in [0.1, 0.15) is 38.1 Å². The average molecular weight is 319 g/mol. The van der Waals surface area contributed by atoms with E-state index in [2.05, 4.69) is 10.3 Å². The van der Waals surface area contributed by atoms with Crippen molar-refractivity contribution in [3.8, 4) is 0 Å². The van der Waals surface area contributed by atoms with Crippen molar-refractivity contribution in [3.63, 3.8) is 0 Å². The molecule has 0 fully saturated rings. The average Bonchev–Trinajstić information content (AvgIpc) is 2.29. The molecular weight excluding hydrogens is 303 g/mol. The minimum atomic E-state index is -0.801. The Balaban J connectivity index is 2.75. The summed E-state index contributed by atoms with van der Waals surface area (Å²) in [5.74, 6) is -1.04. The van der Waals surface area contributed by atoms with Crippen LogP contribution in [0.3, 0.4) is 0 Å². The van der Waals surface area contributed by atoms with Crippen LogP contribution < -0.4 is 5.32 Å². The van der Waals surface area contributed by atoms with Gasteiger partial charge < -0.3 is 10.1 Å². The summed E-state index contributed by atoms with van der Waals surface area (Å²) in [6.45, 7) is 6.78. The monoisotopic (exact) mass is 318 g/mol. The van der Waals surface area contributed by atoms with Crippen LogP contribution in [0.4, 0.5) is 0 Å². The number of ether oxygens (including phenoxy) is 1. The van der Waals surface area contributed by atoms with Gasteiger partial charge in [0.25, 0.3) is 5.91 Å². The van der Waals surface area contributed by atoms with Crippen molar-refractivity contribution in [1.29, 1.82) is 0 Å². The number of rotatable bonds is 3. The Morgan fingerprint density at radius 3 is 2.50 bits per heavy atom. The first-order valence-corrected chi connectivity index (χ1v) is 6.70. The number of pyridine rings is 1. The molecule has 1 heterocycles. The molecule has 0 radical (unpaired) electrons. The molecule has 0 aliphatic carbocycles. The Morgan fingerprint density at radius 1 is 1.35 bits per heavy atom. The molecule has 0 aliphatic heterocycles. The Hall–Kier alpha value is -1.33. The van der Waals surface area contributed by atoms with E-state index in [1.165, 1.54) is 19.2 Å². The predicted molar refractivity (Wildman–Crippen MR) is 77.0 cm³/mol. The molecule has 1 atom stereocenters. The molecule has 1 rings (SSSR count). The van der Waals surface area contributed by atoms with Gasteiger partial charge in [-0.05, 0) is 33.8 Å². The van der Waals surface area contributed by atoms with Crippen molar-refractivity contribution in [2.45, 2.75) is 39.3 Å². The third kappa shape index (κ3) is 4.98. The highest BCUT2D eigenvalue weighted by molar-refractivity contribution is 6.35. The van der Waals surface area contributed by atoms with E-state index in [1.807, 2.05) is 0 Å². The summed E-state index contributed by atoms with van der Waals surface area (Å²) >= 11 is 11.6. The summed E-state index contributed by atoms with van der Waals surface area (Å²) < 4.78 is 5.17. The molecule has 0 spiro atoms. The van der Waals surface area contributed by atoms with Gasteiger partial charge in [0.15, 0.2) is 0 Å². The topological polar surface area (TPSA) is 68.3 Å². The van der Waals surface area contributed by atoms with Crippen LogP contribution in [0.25, 0.3) is 0 Å². The van der Waals surface area contributed by atoms with Crippen LogP contribution in [0.5, 0.6) is 0 Å². The standard InChI is InChI=1S/C13H16Cl2N2O3/c1-7(12(19)20-13(2,3)4)17-11(18)8-5-10(15)16-6-9(8)14/h5-7H,1-4H3,(H,17,18)/t7-/m1/s1. The Bertz CT molecular complexity index is 527. The second-order valence-electron chi connectivity index (χ2n) is 5.22. The Labute approximate surface area is 127 Å². The minimum absolute atomic E-state index is 0.143. The summed E-state index contributed by atoms with van der Waals surface area (Å²) in [6, 6.07) is 0.533. The zero-order valence-corrected chi connectivity index (χ0v) is 13.2. The van der Waals surface area contributed by atoms with E-state index in [1.54, 1.807) is 20.8 Å². The van der Waals surface area contributed by atoms with Crippen LogP contribution in [0.2, 0.25) is 10.2 Å². The third-order valence-corrected chi connectivity index (χ3v) is 2.68. The van der Waals surface area contributed by atoms with Crippen LogP contribution >= 0.6 is 23.2 Å². The second-order valence-corrected chi connectivity index (χ2v) is 6.01. The Kier molecular flexibility index (Phi) is 5.36. The molecule has 0 saturated heterocycles. The molecule has 1 amide bonds. The molecule has 1 N–H and O–H groups in total. The van der Waals surface area contributed by atoms with E-state index in [9.17, 15) is 9.59 Å². The minimum Gasteiger partial charge on any atom is -0.458 e. The summed E-state index contributed by atoms with van der Waals surface area (Å²) in [5.41, 5.74) is -0.463. The van der Waals surface area contributed by atoms with Crippen LogP contribution in [0.15, 0.2) is 12.3 Å². The number of esters is 1. The van der Waals surface area contributed by atoms with Crippen molar-refractivity contribution in [3.05, 3.63) is 28.0 Å². The maximum absolute atomic E-state index is 12.0. The van der Waals surface area contributed by atoms with Crippen LogP contribution in [-0.2, 0) is 9.53 Å². The lowest BCUT2D eigenvalue weighted by atomic mass is 10.2. The predicted octanol–water partition coefficient (Wildman–Crippen LogP) is 2.85. The van der Waals surface area contributed by atoms with Crippen molar-refractivity contribution in [2.24, 2.45) is 0 Å². The molecule has 0 unspecified atom stereocenters. The van der Waals surface area contributed by atoms with Crippen LogP contribution in [-0.4, -0.2) is 28.5 Å². The first-order chi connectivity index (χ1) is 9.10. The van der Waals surface area contributed by atoms with Gasteiger partial charge in [0.2, 0.25) is 0 Å². The van der Waals surface area contributed by atoms with Gasteiger partial charge in [-0.3, -0.25) is 4.79 Å². The fraction of sp³-hybridized carbons (Fsp3) is 0.462. The summed E-state index contributed by atoms with van der Waals surface area (Å²) in [6.07, 6.45) is 1.27. The molecule has 0 saturated carbocycles. The van der Waals surface area contributed by atoms with Gasteiger partial charge in [-0.1, -0.05) is 23.2 Å². The third-order valence-electron chi connectivity index (χ3n) is 2.17. The lowest BCUT2D eigenvalue weighted by Crippen LogP contribution is -2.42. The number of amides is 1. The normalized spacial score (nSPS) is 12.7. The van der Waals surface area contributed by atoms with Gasteiger partial charge in [0.05, 0.1) is 10.6 Å². The first kappa shape index (κ1) is 16.7. The van der Waals surface area contributed by atoms with Gasteiger partial charge in [-0.15, -0.1) is 0 Å². The number of nitrogens with zero attached hydrogens (tertiary/aromatic N) is 1. The number of carbonyl (C=O) groups excluding carboxylic acids is 2. The van der Waals surface area contributed by atoms with Gasteiger partial charge in [-0.25, -0.2) is 9.78 Å². The number of hydrogen-bond acceptors (Lipinski definition) is 4. The molecule has 0 bridgehead atoms. The summed E-state index contributed by atoms with van der Waals surface area (Å²) in [4.78, 5) is 27.5. The molecule has 1 aromatic heterocycles. The van der Waals surface area contributed by atoms with Crippen LogP contribution in [0, 0.1) is 0 Å². The van der Waals surface area contributed by atoms with E-state index in [0.29, 0.717) is 0 Å². The smallest absolute Gasteiger partial charge is 0.328 e. The van der Waals surface area contributed by atoms with E-state index < -0.39 is 23.5 Å². The number of hydrogen-bond donors (Lipinski definition) is 1. The maximum atomic E-state index is 12.0. The molecule has 0 aromatic carbocycles. The lowest BCUT2D eigenvalue weighted by Gasteiger charge is -2.22. The van der Waals surface area contributed by atoms with Crippen molar-refractivity contribution >= 4 is 35.1 Å². The molecule has 0 aliphatic rings. The fourth-order valence-corrected chi connectivity index (χ4v) is 1.66. The lowest BCUT2D eigenvalue weighted by molar-refractivity contribution is -0.156. The van der Waals surface area contributed by atoms with E-state index >= 15 is 0 Å². The quantitative estimate of drug-likeness (QED) is 0.687. The fourth-order valence-electron chi connectivity index (χ4n) is 1.31. The highest BCUT2D eigenvalue weighted by atomic mass is 35.5. The zero-order valence-electron chi connectivity index (χ0n) is 11.7. The van der Waals surface area contributed by atoms with Gasteiger partial charge in [0.1, 0.15) is 16.8 Å². The maximum Gasteiger partial charge on any atom is 0.328 e. The van der Waals surface area contributed by atoms with E-state index in [0.717, 1.165) is 0 Å². The number of halogens is 2. The van der Waals surface area contributed by atoms with Gasteiger partial charge >= 0.3 is 5.97 Å². The molecule has 1 aromatic rings. The van der Waals surface area contributed by atoms with Crippen molar-refractivity contribution in [2.75, 3.05) is 0 Å². The van der Waals surface area contributed by atoms with E-state index in [4.69, 9.17) is 27.9 Å². The second kappa shape index (κ2) is 6.41. The Morgan fingerprint density at radius 2 is 1.95 bits per heavy atom. The zero-order chi connectivity index (χ0) is 15.5. The molecule has 5 nitrogen and oxygen atoms in total. The highest BCUT2D eigenvalue weighted by Gasteiger charge is 2.24. The largest absolute Gasteiger partial charge is 0.458 e. The summed E-state index contributed by atoms with van der Waals surface area (Å²) in [5, 5.41) is 2.80. The summed E-state index contributed by atoms with van der Waals surface area (Å²) in [7, 11) is 0. The van der Waals surface area contributed by atoms with Crippen molar-refractivity contribution < 1.29 is 14.3 Å². The van der Waals surface area contributed by atoms with E-state index in [-0.39, 0.29) is 15.7 Å². The molecule has 7 heteroatoms.